The van der Waals surface area contributed by atoms with Gasteiger partial charge in [-0.1, -0.05) is 30.3 Å². The van der Waals surface area contributed by atoms with Gasteiger partial charge in [0.2, 0.25) is 6.79 Å². The second-order valence-electron chi connectivity index (χ2n) is 6.44. The van der Waals surface area contributed by atoms with E-state index in [0.29, 0.717) is 11.8 Å². The maximum atomic E-state index is 12.5. The molecule has 0 heterocycles. The molecule has 0 unspecified atom stereocenters. The van der Waals surface area contributed by atoms with E-state index in [0.717, 1.165) is 5.56 Å². The summed E-state index contributed by atoms with van der Waals surface area (Å²) in [5.41, 5.74) is 0.809. The molecule has 0 fully saturated rings. The minimum atomic E-state index is -0.918. The minimum absolute atomic E-state index is 0.0118. The molecule has 0 N–H and O–H groups in total. The van der Waals surface area contributed by atoms with Crippen LogP contribution in [0.25, 0.3) is 0 Å². The van der Waals surface area contributed by atoms with Gasteiger partial charge < -0.3 is 14.2 Å². The van der Waals surface area contributed by atoms with Crippen LogP contribution in [-0.4, -0.2) is 40.3 Å². The van der Waals surface area contributed by atoms with Gasteiger partial charge in [-0.05, 0) is 31.2 Å². The second-order valence-corrected chi connectivity index (χ2v) is 8.51. The van der Waals surface area contributed by atoms with Crippen LogP contribution in [0.2, 0.25) is 0 Å². The number of ether oxygens (including phenoxy) is 3. The van der Waals surface area contributed by atoms with E-state index in [9.17, 15) is 19.2 Å². The first-order valence-corrected chi connectivity index (χ1v) is 9.92. The summed E-state index contributed by atoms with van der Waals surface area (Å²) in [6.07, 6.45) is -0.117. The molecular formula is C19H24O7S2. The van der Waals surface area contributed by atoms with Gasteiger partial charge in [0, 0.05) is 19.1 Å². The second kappa shape index (κ2) is 11.8. The third-order valence-corrected chi connectivity index (χ3v) is 4.68. The Bertz CT molecular complexity index is 683. The van der Waals surface area contributed by atoms with Gasteiger partial charge in [0.1, 0.15) is 12.4 Å². The van der Waals surface area contributed by atoms with Crippen LogP contribution in [0.15, 0.2) is 30.3 Å². The zero-order valence-electron chi connectivity index (χ0n) is 16.0. The van der Waals surface area contributed by atoms with E-state index in [1.165, 1.54) is 6.92 Å². The lowest BCUT2D eigenvalue weighted by molar-refractivity contribution is -0.150. The Morgan fingerprint density at radius 3 is 2.29 bits per heavy atom. The number of esters is 2. The minimum Gasteiger partial charge on any atom is -0.461 e. The number of rotatable bonds is 10. The molecule has 1 aromatic rings. The van der Waals surface area contributed by atoms with Gasteiger partial charge in [-0.3, -0.25) is 14.4 Å². The van der Waals surface area contributed by atoms with Gasteiger partial charge in [0.05, 0.1) is 10.7 Å². The molecule has 0 aromatic heterocycles. The van der Waals surface area contributed by atoms with Gasteiger partial charge in [-0.15, -0.1) is 0 Å². The summed E-state index contributed by atoms with van der Waals surface area (Å²) in [6.45, 7) is 4.00. The number of thioether (sulfide) groups is 1. The first-order chi connectivity index (χ1) is 13.1. The summed E-state index contributed by atoms with van der Waals surface area (Å²) in [5.74, 6) is -2.26. The van der Waals surface area contributed by atoms with Crippen molar-refractivity contribution < 1.29 is 33.4 Å². The summed E-state index contributed by atoms with van der Waals surface area (Å²) in [5, 5.41) is -0.723. The first-order valence-electron chi connectivity index (χ1n) is 8.48. The third kappa shape index (κ3) is 9.80. The van der Waals surface area contributed by atoms with Crippen molar-refractivity contribution in [3.63, 3.8) is 0 Å². The van der Waals surface area contributed by atoms with Crippen molar-refractivity contribution >= 4 is 47.4 Å². The largest absolute Gasteiger partial charge is 0.461 e. The monoisotopic (exact) mass is 428 g/mol. The molecule has 0 aliphatic carbocycles. The average molecular weight is 429 g/mol. The molecule has 0 saturated heterocycles. The lowest BCUT2D eigenvalue weighted by Crippen LogP contribution is -2.31. The highest BCUT2D eigenvalue weighted by Gasteiger charge is 2.31. The highest BCUT2D eigenvalue weighted by molar-refractivity contribution is 8.13. The normalized spacial score (nSPS) is 12.0. The molecule has 0 aliphatic rings. The van der Waals surface area contributed by atoms with Crippen LogP contribution in [0, 0.1) is 5.92 Å². The van der Waals surface area contributed by atoms with Crippen molar-refractivity contribution in [2.75, 3.05) is 12.5 Å². The summed E-state index contributed by atoms with van der Waals surface area (Å²) >= 11 is 4.94. The Morgan fingerprint density at radius 2 is 1.71 bits per heavy atom. The fourth-order valence-electron chi connectivity index (χ4n) is 1.90. The van der Waals surface area contributed by atoms with Crippen molar-refractivity contribution in [3.8, 4) is 0 Å². The molecule has 1 atom stereocenters. The number of Topliss-reactive ketones (excluding diaryl/α,β-unsaturated/α-hetero) is 1. The molecule has 0 aliphatic heterocycles. The molecule has 0 saturated carbocycles. The van der Waals surface area contributed by atoms with Gasteiger partial charge in [-0.2, -0.15) is 12.6 Å². The van der Waals surface area contributed by atoms with Crippen LogP contribution in [0.1, 0.15) is 32.8 Å². The molecule has 1 aromatic carbocycles. The van der Waals surface area contributed by atoms with Gasteiger partial charge >= 0.3 is 17.2 Å². The van der Waals surface area contributed by atoms with Gasteiger partial charge in [0.15, 0.2) is 0 Å². The van der Waals surface area contributed by atoms with Crippen LogP contribution in [0.5, 0.6) is 0 Å². The molecule has 0 bridgehead atoms. The lowest BCUT2D eigenvalue weighted by atomic mass is 9.97. The Morgan fingerprint density at radius 1 is 1.07 bits per heavy atom. The number of benzene rings is 1. The van der Waals surface area contributed by atoms with Crippen LogP contribution >= 0.6 is 24.4 Å². The standard InChI is InChI=1S/C19H24O7S2/c1-13(20)25-12-26-18(23)28-11-15(9-16(21)19(2,3)27)17(22)24-10-14-7-5-4-6-8-14/h4-8,15,27H,9-12H2,1-3H3/t15-/m0/s1. The average Bonchev–Trinajstić information content (AvgIpc) is 2.62. The predicted molar refractivity (Wildman–Crippen MR) is 108 cm³/mol. The Kier molecular flexibility index (Phi) is 10.1. The number of hydrogen-bond acceptors (Lipinski definition) is 9. The molecule has 154 valence electrons. The van der Waals surface area contributed by atoms with E-state index in [1.54, 1.807) is 13.8 Å². The molecule has 0 amide bonds. The van der Waals surface area contributed by atoms with Crippen LogP contribution in [0.3, 0.4) is 0 Å². The van der Waals surface area contributed by atoms with E-state index in [-0.39, 0.29) is 24.6 Å². The Hall–Kier alpha value is -2.00. The van der Waals surface area contributed by atoms with Crippen molar-refractivity contribution in [2.45, 2.75) is 38.5 Å². The zero-order chi connectivity index (χ0) is 21.2. The predicted octanol–water partition coefficient (Wildman–Crippen LogP) is 3.40. The number of carbonyl (C=O) groups excluding carboxylic acids is 4. The summed E-state index contributed by atoms with van der Waals surface area (Å²) in [6, 6.07) is 9.11. The highest BCUT2D eigenvalue weighted by atomic mass is 32.2. The number of ketones is 1. The number of hydrogen-bond donors (Lipinski definition) is 1. The zero-order valence-corrected chi connectivity index (χ0v) is 17.7. The molecule has 1 rings (SSSR count). The van der Waals surface area contributed by atoms with Crippen molar-refractivity contribution in [2.24, 2.45) is 5.92 Å². The molecule has 0 spiro atoms. The summed E-state index contributed by atoms with van der Waals surface area (Å²) in [7, 11) is 0. The maximum absolute atomic E-state index is 12.5. The lowest BCUT2D eigenvalue weighted by Gasteiger charge is -2.20. The van der Waals surface area contributed by atoms with Crippen molar-refractivity contribution in [3.05, 3.63) is 35.9 Å². The van der Waals surface area contributed by atoms with Crippen LogP contribution in [-0.2, 0) is 35.2 Å². The van der Waals surface area contributed by atoms with E-state index < -0.39 is 34.7 Å². The summed E-state index contributed by atoms with van der Waals surface area (Å²) in [4.78, 5) is 47.1. The quantitative estimate of drug-likeness (QED) is 0.344. The topological polar surface area (TPSA) is 96.0 Å². The van der Waals surface area contributed by atoms with E-state index in [4.69, 9.17) is 9.47 Å². The Balaban J connectivity index is 2.64. The van der Waals surface area contributed by atoms with E-state index in [1.807, 2.05) is 30.3 Å². The summed E-state index contributed by atoms with van der Waals surface area (Å²) < 4.78 is 13.6. The number of thiol groups is 1. The molecule has 7 nitrogen and oxygen atoms in total. The number of carbonyl (C=O) groups is 4. The highest BCUT2D eigenvalue weighted by Crippen LogP contribution is 2.23. The fraction of sp³-hybridized carbons (Fsp3) is 0.474. The molecule has 28 heavy (non-hydrogen) atoms. The maximum Gasteiger partial charge on any atom is 0.370 e. The molecular weight excluding hydrogens is 404 g/mol. The van der Waals surface area contributed by atoms with Crippen molar-refractivity contribution in [1.82, 2.24) is 0 Å². The fourth-order valence-corrected chi connectivity index (χ4v) is 2.72. The molecule has 9 heteroatoms. The van der Waals surface area contributed by atoms with Gasteiger partial charge in [0.25, 0.3) is 0 Å². The SMILES string of the molecule is CC(=O)OCOC(=O)SC[C@H](CC(=O)C(C)(C)S)C(=O)OCc1ccccc1. The van der Waals surface area contributed by atoms with Gasteiger partial charge in [-0.25, -0.2) is 4.79 Å². The van der Waals surface area contributed by atoms with Crippen LogP contribution < -0.4 is 0 Å². The van der Waals surface area contributed by atoms with E-state index in [2.05, 4.69) is 17.4 Å². The first kappa shape index (κ1) is 24.0. The third-order valence-electron chi connectivity index (χ3n) is 3.51. The smallest absolute Gasteiger partial charge is 0.370 e. The van der Waals surface area contributed by atoms with E-state index >= 15 is 0 Å². The Labute approximate surface area is 173 Å². The van der Waals surface area contributed by atoms with Crippen molar-refractivity contribution in [1.29, 1.82) is 0 Å². The molecule has 0 radical (unpaired) electrons. The van der Waals surface area contributed by atoms with Crippen LogP contribution in [0.4, 0.5) is 4.79 Å².